The quantitative estimate of drug-likeness (QED) is 0.345. The molecule has 3 aromatic heterocycles. The van der Waals surface area contributed by atoms with Gasteiger partial charge in [-0.15, -0.1) is 0 Å². The Morgan fingerprint density at radius 1 is 1.05 bits per heavy atom. The molecule has 2 N–H and O–H groups in total. The van der Waals surface area contributed by atoms with Crippen LogP contribution in [-0.4, -0.2) is 42.2 Å². The van der Waals surface area contributed by atoms with Crippen LogP contribution < -0.4 is 10.6 Å². The summed E-state index contributed by atoms with van der Waals surface area (Å²) >= 11 is 0. The molecule has 0 spiro atoms. The number of carbonyl (C=O) groups excluding carboxylic acids is 2. The zero-order chi connectivity index (χ0) is 26.9. The van der Waals surface area contributed by atoms with Gasteiger partial charge in [-0.1, -0.05) is 51.1 Å². The van der Waals surface area contributed by atoms with Gasteiger partial charge in [-0.25, -0.2) is 13.9 Å². The van der Waals surface area contributed by atoms with Gasteiger partial charge in [-0.2, -0.15) is 10.2 Å². The van der Waals surface area contributed by atoms with E-state index in [0.717, 1.165) is 16.6 Å². The highest BCUT2D eigenvalue weighted by Gasteiger charge is 2.34. The number of fused-ring (bicyclic) bond motifs is 2. The Morgan fingerprint density at radius 3 is 2.58 bits per heavy atom. The fourth-order valence-corrected chi connectivity index (χ4v) is 4.34. The second-order valence-corrected chi connectivity index (χ2v) is 10.2. The molecule has 5 aromatic rings. The van der Waals surface area contributed by atoms with Crippen LogP contribution in [0.3, 0.4) is 0 Å². The van der Waals surface area contributed by atoms with Crippen molar-refractivity contribution in [3.63, 3.8) is 0 Å². The third-order valence-electron chi connectivity index (χ3n) is 6.33. The summed E-state index contributed by atoms with van der Waals surface area (Å²) in [6.45, 7) is 6.25. The van der Waals surface area contributed by atoms with Crippen LogP contribution in [0.2, 0.25) is 0 Å². The number of para-hydroxylation sites is 1. The highest BCUT2D eigenvalue weighted by atomic mass is 19.1. The summed E-state index contributed by atoms with van der Waals surface area (Å²) in [6.07, 6.45) is 5.11. The van der Waals surface area contributed by atoms with E-state index in [4.69, 9.17) is 0 Å². The van der Waals surface area contributed by atoms with Crippen LogP contribution in [0, 0.1) is 11.2 Å². The Morgan fingerprint density at radius 2 is 1.82 bits per heavy atom. The molecule has 9 nitrogen and oxygen atoms in total. The molecule has 1 atom stereocenters. The molecule has 0 aliphatic rings. The molecular weight excluding hydrogens is 485 g/mol. The molecule has 0 fully saturated rings. The van der Waals surface area contributed by atoms with Crippen LogP contribution in [0.15, 0.2) is 73.2 Å². The summed E-state index contributed by atoms with van der Waals surface area (Å²) in [4.78, 5) is 31.1. The molecule has 194 valence electrons. The average Bonchev–Trinajstić information content (AvgIpc) is 3.48. The van der Waals surface area contributed by atoms with Gasteiger partial charge in [0, 0.05) is 29.9 Å². The SMILES string of the molecule is CC(C)(C)[C@H](NC(=O)c1nn(Cc2ccc(F)cc2)c2ccccc12)C(=O)NCc1cnn2cccnc12. The van der Waals surface area contributed by atoms with Gasteiger partial charge in [0.15, 0.2) is 11.3 Å². The second kappa shape index (κ2) is 10.0. The van der Waals surface area contributed by atoms with Crippen molar-refractivity contribution in [2.24, 2.45) is 5.41 Å². The molecule has 0 aliphatic carbocycles. The van der Waals surface area contributed by atoms with Gasteiger partial charge in [-0.3, -0.25) is 14.3 Å². The molecule has 38 heavy (non-hydrogen) atoms. The third kappa shape index (κ3) is 5.10. The van der Waals surface area contributed by atoms with Crippen molar-refractivity contribution in [1.29, 1.82) is 0 Å². The molecule has 2 amide bonds. The van der Waals surface area contributed by atoms with E-state index in [2.05, 4.69) is 25.8 Å². The number of aromatic nitrogens is 5. The monoisotopic (exact) mass is 513 g/mol. The Bertz CT molecular complexity index is 1620. The normalized spacial score (nSPS) is 12.5. The van der Waals surface area contributed by atoms with Crippen molar-refractivity contribution in [2.75, 3.05) is 0 Å². The highest BCUT2D eigenvalue weighted by Crippen LogP contribution is 2.23. The fourth-order valence-electron chi connectivity index (χ4n) is 4.34. The molecule has 0 unspecified atom stereocenters. The minimum Gasteiger partial charge on any atom is -0.350 e. The van der Waals surface area contributed by atoms with Crippen molar-refractivity contribution in [3.8, 4) is 0 Å². The third-order valence-corrected chi connectivity index (χ3v) is 6.33. The van der Waals surface area contributed by atoms with E-state index in [0.29, 0.717) is 17.6 Å². The van der Waals surface area contributed by atoms with Gasteiger partial charge in [0.2, 0.25) is 5.91 Å². The summed E-state index contributed by atoms with van der Waals surface area (Å²) in [5.74, 6) is -1.09. The van der Waals surface area contributed by atoms with Gasteiger partial charge in [0.05, 0.1) is 18.3 Å². The van der Waals surface area contributed by atoms with E-state index in [9.17, 15) is 14.0 Å². The maximum absolute atomic E-state index is 13.5. The Labute approximate surface area is 218 Å². The highest BCUT2D eigenvalue weighted by molar-refractivity contribution is 6.06. The van der Waals surface area contributed by atoms with Gasteiger partial charge >= 0.3 is 0 Å². The first-order valence-corrected chi connectivity index (χ1v) is 12.3. The smallest absolute Gasteiger partial charge is 0.273 e. The predicted octanol–water partition coefficient (Wildman–Crippen LogP) is 3.73. The van der Waals surface area contributed by atoms with Crippen LogP contribution in [0.4, 0.5) is 4.39 Å². The lowest BCUT2D eigenvalue weighted by Gasteiger charge is -2.30. The first kappa shape index (κ1) is 25.1. The van der Waals surface area contributed by atoms with Gasteiger partial charge in [0.1, 0.15) is 11.9 Å². The van der Waals surface area contributed by atoms with Crippen LogP contribution in [-0.2, 0) is 17.9 Å². The minimum atomic E-state index is -0.828. The number of carbonyl (C=O) groups is 2. The van der Waals surface area contributed by atoms with E-state index in [-0.39, 0.29) is 24.0 Å². The number of benzene rings is 2. The lowest BCUT2D eigenvalue weighted by molar-refractivity contribution is -0.125. The molecule has 0 aliphatic heterocycles. The molecule has 3 heterocycles. The first-order valence-electron chi connectivity index (χ1n) is 12.3. The zero-order valence-electron chi connectivity index (χ0n) is 21.4. The van der Waals surface area contributed by atoms with Crippen LogP contribution in [0.25, 0.3) is 16.6 Å². The lowest BCUT2D eigenvalue weighted by atomic mass is 9.86. The Hall–Kier alpha value is -4.60. The van der Waals surface area contributed by atoms with Crippen molar-refractivity contribution >= 4 is 28.4 Å². The van der Waals surface area contributed by atoms with Crippen LogP contribution >= 0.6 is 0 Å². The fraction of sp³-hybridized carbons (Fsp3) is 0.250. The summed E-state index contributed by atoms with van der Waals surface area (Å²) < 4.78 is 16.7. The standard InChI is InChI=1S/C28H28FN7O2/c1-28(2,3)24(27(38)31-15-19-16-32-35-14-6-13-30-25(19)35)33-26(37)23-21-7-4-5-8-22(21)36(34-23)17-18-9-11-20(29)12-10-18/h4-14,16,24H,15,17H2,1-3H3,(H,31,38)(H,33,37)/t24-/m1/s1. The van der Waals surface area contributed by atoms with E-state index in [1.165, 1.54) is 12.1 Å². The molecule has 2 aromatic carbocycles. The van der Waals surface area contributed by atoms with Crippen molar-refractivity contribution in [3.05, 3.63) is 95.8 Å². The van der Waals surface area contributed by atoms with Gasteiger partial charge in [0.25, 0.3) is 5.91 Å². The number of rotatable bonds is 7. The lowest BCUT2D eigenvalue weighted by Crippen LogP contribution is -2.53. The molecule has 0 bridgehead atoms. The van der Waals surface area contributed by atoms with Gasteiger partial charge in [-0.05, 0) is 35.2 Å². The van der Waals surface area contributed by atoms with Crippen LogP contribution in [0.1, 0.15) is 42.4 Å². The first-order chi connectivity index (χ1) is 18.2. The molecular formula is C28H28FN7O2. The number of amides is 2. The van der Waals surface area contributed by atoms with E-state index in [1.54, 1.807) is 46.0 Å². The molecule has 0 saturated heterocycles. The molecule has 5 rings (SSSR count). The second-order valence-electron chi connectivity index (χ2n) is 10.2. The van der Waals surface area contributed by atoms with E-state index in [1.807, 2.05) is 45.0 Å². The number of nitrogens with zero attached hydrogens (tertiary/aromatic N) is 5. The molecule has 0 saturated carbocycles. The Kier molecular flexibility index (Phi) is 6.62. The van der Waals surface area contributed by atoms with Crippen molar-refractivity contribution < 1.29 is 14.0 Å². The number of nitrogens with one attached hydrogen (secondary N) is 2. The van der Waals surface area contributed by atoms with Crippen molar-refractivity contribution in [2.45, 2.75) is 39.9 Å². The maximum atomic E-state index is 13.5. The van der Waals surface area contributed by atoms with Gasteiger partial charge < -0.3 is 10.6 Å². The predicted molar refractivity (Wildman–Crippen MR) is 141 cm³/mol. The summed E-state index contributed by atoms with van der Waals surface area (Å²) in [5, 5.41) is 15.3. The Balaban J connectivity index is 1.37. The van der Waals surface area contributed by atoms with E-state index >= 15 is 0 Å². The topological polar surface area (TPSA) is 106 Å². The van der Waals surface area contributed by atoms with E-state index < -0.39 is 17.4 Å². The van der Waals surface area contributed by atoms with Crippen LogP contribution in [0.5, 0.6) is 0 Å². The number of hydrogen-bond donors (Lipinski definition) is 2. The largest absolute Gasteiger partial charge is 0.350 e. The minimum absolute atomic E-state index is 0.219. The molecule has 10 heteroatoms. The maximum Gasteiger partial charge on any atom is 0.273 e. The zero-order valence-corrected chi connectivity index (χ0v) is 21.4. The number of halogens is 1. The summed E-state index contributed by atoms with van der Waals surface area (Å²) in [5.41, 5.74) is 2.67. The average molecular weight is 514 g/mol. The molecule has 0 radical (unpaired) electrons. The summed E-state index contributed by atoms with van der Waals surface area (Å²) in [6, 6.07) is 14.5. The number of hydrogen-bond acceptors (Lipinski definition) is 5. The summed E-state index contributed by atoms with van der Waals surface area (Å²) in [7, 11) is 0. The van der Waals surface area contributed by atoms with Crippen molar-refractivity contribution in [1.82, 2.24) is 35.0 Å².